The van der Waals surface area contributed by atoms with Gasteiger partial charge in [-0.25, -0.2) is 0 Å². The summed E-state index contributed by atoms with van der Waals surface area (Å²) in [5, 5.41) is 0. The molecule has 0 amide bonds. The smallest absolute Gasteiger partial charge is 0.421 e. The van der Waals surface area contributed by atoms with Crippen LogP contribution in [0.25, 0.3) is 0 Å². The van der Waals surface area contributed by atoms with Crippen molar-refractivity contribution in [3.05, 3.63) is 22.2 Å². The lowest BCUT2D eigenvalue weighted by Gasteiger charge is -2.32. The summed E-state index contributed by atoms with van der Waals surface area (Å²) in [5.74, 6) is -0.934. The third kappa shape index (κ3) is 2.63. The Morgan fingerprint density at radius 1 is 1.16 bits per heavy atom. The molecule has 0 atom stereocenters. The molecule has 0 radical (unpaired) electrons. The van der Waals surface area contributed by atoms with Crippen LogP contribution in [0.5, 0.6) is 11.5 Å². The maximum absolute atomic E-state index is 13.0. The van der Waals surface area contributed by atoms with Gasteiger partial charge in [0, 0.05) is 11.0 Å². The van der Waals surface area contributed by atoms with Crippen molar-refractivity contribution in [2.45, 2.75) is 18.8 Å². The molecular weight excluding hydrogens is 338 g/mol. The lowest BCUT2D eigenvalue weighted by Crippen LogP contribution is -2.52. The summed E-state index contributed by atoms with van der Waals surface area (Å²) in [5.41, 5.74) is 2.96. The molecule has 4 nitrogen and oxygen atoms in total. The monoisotopic (exact) mass is 345 g/mol. The van der Waals surface area contributed by atoms with Crippen LogP contribution in [0.1, 0.15) is 5.56 Å². The average molecular weight is 346 g/mol. The third-order valence-electron chi connectivity index (χ3n) is 2.33. The highest BCUT2D eigenvalue weighted by Gasteiger charge is 2.66. The zero-order valence-electron chi connectivity index (χ0n) is 9.48. The van der Waals surface area contributed by atoms with E-state index in [4.69, 9.17) is 0 Å². The third-order valence-corrected chi connectivity index (χ3v) is 3.07. The van der Waals surface area contributed by atoms with E-state index in [-0.39, 0.29) is 6.54 Å². The maximum Gasteiger partial charge on any atom is 0.507 e. The summed E-state index contributed by atoms with van der Waals surface area (Å²) in [7, 11) is 1.38. The van der Waals surface area contributed by atoms with Gasteiger partial charge in [0.2, 0.25) is 0 Å². The Hall–Kier alpha value is -1.06. The SMILES string of the molecule is CONCc1cc2c(cc1Br)OC(F)(F)C(F)(F)O2. The van der Waals surface area contributed by atoms with Crippen LogP contribution in [0, 0.1) is 0 Å². The van der Waals surface area contributed by atoms with Gasteiger partial charge in [-0.3, -0.25) is 0 Å². The molecule has 0 fully saturated rings. The standard InChI is InChI=1S/C10H8BrF4NO3/c1-17-16-4-5-2-7-8(3-6(5)11)19-10(14,15)9(12,13)18-7/h2-3,16H,4H2,1H3. The molecule has 0 aliphatic carbocycles. The lowest BCUT2D eigenvalue weighted by molar-refractivity contribution is -0.391. The topological polar surface area (TPSA) is 39.7 Å². The number of hydrogen-bond donors (Lipinski definition) is 1. The Kier molecular flexibility index (Phi) is 3.63. The number of ether oxygens (including phenoxy) is 2. The van der Waals surface area contributed by atoms with Gasteiger partial charge in [-0.15, -0.1) is 0 Å². The fourth-order valence-electron chi connectivity index (χ4n) is 1.42. The van der Waals surface area contributed by atoms with Crippen LogP contribution in [0.3, 0.4) is 0 Å². The Morgan fingerprint density at radius 2 is 1.68 bits per heavy atom. The molecule has 2 rings (SSSR count). The van der Waals surface area contributed by atoms with E-state index < -0.39 is 23.7 Å². The largest absolute Gasteiger partial charge is 0.507 e. The van der Waals surface area contributed by atoms with Crippen molar-refractivity contribution in [3.63, 3.8) is 0 Å². The van der Waals surface area contributed by atoms with Gasteiger partial charge < -0.3 is 14.3 Å². The molecule has 0 unspecified atom stereocenters. The highest BCUT2D eigenvalue weighted by Crippen LogP contribution is 2.48. The van der Waals surface area contributed by atoms with E-state index in [0.717, 1.165) is 12.1 Å². The van der Waals surface area contributed by atoms with E-state index in [2.05, 4.69) is 35.7 Å². The molecule has 0 bridgehead atoms. The van der Waals surface area contributed by atoms with Crippen molar-refractivity contribution in [1.82, 2.24) is 5.48 Å². The first-order valence-corrected chi connectivity index (χ1v) is 5.78. The molecule has 0 saturated heterocycles. The predicted octanol–water partition coefficient (Wildman–Crippen LogP) is 3.06. The molecule has 0 spiro atoms. The summed E-state index contributed by atoms with van der Waals surface area (Å²) >= 11 is 3.11. The van der Waals surface area contributed by atoms with Crippen molar-refractivity contribution in [2.24, 2.45) is 0 Å². The molecule has 0 saturated carbocycles. The Morgan fingerprint density at radius 3 is 2.21 bits per heavy atom. The van der Waals surface area contributed by atoms with Crippen molar-refractivity contribution >= 4 is 15.9 Å². The van der Waals surface area contributed by atoms with Gasteiger partial charge in [0.25, 0.3) is 0 Å². The van der Waals surface area contributed by atoms with Gasteiger partial charge in [-0.05, 0) is 17.7 Å². The number of rotatable bonds is 3. The predicted molar refractivity (Wildman–Crippen MR) is 59.1 cm³/mol. The number of alkyl halides is 4. The van der Waals surface area contributed by atoms with Crippen LogP contribution in [-0.4, -0.2) is 19.3 Å². The first-order valence-electron chi connectivity index (χ1n) is 4.99. The zero-order chi connectivity index (χ0) is 14.3. The second-order valence-electron chi connectivity index (χ2n) is 3.65. The first kappa shape index (κ1) is 14.4. The number of benzene rings is 1. The molecule has 1 aromatic carbocycles. The van der Waals surface area contributed by atoms with E-state index in [1.807, 2.05) is 0 Å². The van der Waals surface area contributed by atoms with Gasteiger partial charge in [0.05, 0.1) is 7.11 Å². The average Bonchev–Trinajstić information content (AvgIpc) is 2.28. The number of hydrogen-bond acceptors (Lipinski definition) is 4. The van der Waals surface area contributed by atoms with E-state index in [1.165, 1.54) is 7.11 Å². The molecule has 9 heteroatoms. The molecule has 1 aliphatic heterocycles. The Labute approximate surface area is 113 Å². The fourth-order valence-corrected chi connectivity index (χ4v) is 1.88. The van der Waals surface area contributed by atoms with Crippen LogP contribution in [-0.2, 0) is 11.4 Å². The molecule has 1 N–H and O–H groups in total. The normalized spacial score (nSPS) is 19.3. The minimum absolute atomic E-state index is 0.162. The van der Waals surface area contributed by atoms with Gasteiger partial charge in [0.15, 0.2) is 11.5 Å². The van der Waals surface area contributed by atoms with E-state index in [9.17, 15) is 17.6 Å². The number of nitrogens with one attached hydrogen (secondary N) is 1. The van der Waals surface area contributed by atoms with Crippen LogP contribution < -0.4 is 15.0 Å². The molecule has 106 valence electrons. The minimum Gasteiger partial charge on any atom is -0.421 e. The molecule has 19 heavy (non-hydrogen) atoms. The lowest BCUT2D eigenvalue weighted by atomic mass is 10.2. The van der Waals surface area contributed by atoms with Crippen LogP contribution in [0.4, 0.5) is 17.6 Å². The van der Waals surface area contributed by atoms with Crippen LogP contribution >= 0.6 is 15.9 Å². The minimum atomic E-state index is -4.72. The Balaban J connectivity index is 2.37. The maximum atomic E-state index is 13.0. The number of hydroxylamine groups is 1. The van der Waals surface area contributed by atoms with E-state index in [1.54, 1.807) is 0 Å². The molecule has 1 heterocycles. The summed E-state index contributed by atoms with van der Waals surface area (Å²) in [4.78, 5) is 4.61. The summed E-state index contributed by atoms with van der Waals surface area (Å²) in [6.07, 6.45) is -9.44. The van der Waals surface area contributed by atoms with Gasteiger partial charge in [-0.1, -0.05) is 15.9 Å². The Bertz CT molecular complexity index is 498. The highest BCUT2D eigenvalue weighted by molar-refractivity contribution is 9.10. The number of halogens is 5. The van der Waals surface area contributed by atoms with Gasteiger partial charge >= 0.3 is 12.2 Å². The second-order valence-corrected chi connectivity index (χ2v) is 4.51. The summed E-state index contributed by atoms with van der Waals surface area (Å²) < 4.78 is 60.3. The highest BCUT2D eigenvalue weighted by atomic mass is 79.9. The van der Waals surface area contributed by atoms with Crippen LogP contribution in [0.15, 0.2) is 16.6 Å². The zero-order valence-corrected chi connectivity index (χ0v) is 11.1. The number of fused-ring (bicyclic) bond motifs is 1. The molecule has 1 aromatic rings. The van der Waals surface area contributed by atoms with Crippen LogP contribution in [0.2, 0.25) is 0 Å². The molecule has 1 aliphatic rings. The molecule has 0 aromatic heterocycles. The van der Waals surface area contributed by atoms with Gasteiger partial charge in [0.1, 0.15) is 0 Å². The summed E-state index contributed by atoms with van der Waals surface area (Å²) in [6.45, 7) is 0.162. The van der Waals surface area contributed by atoms with Crippen molar-refractivity contribution in [2.75, 3.05) is 7.11 Å². The van der Waals surface area contributed by atoms with Crippen molar-refractivity contribution in [3.8, 4) is 11.5 Å². The van der Waals surface area contributed by atoms with Crippen molar-refractivity contribution in [1.29, 1.82) is 0 Å². The van der Waals surface area contributed by atoms with E-state index in [0.29, 0.717) is 10.0 Å². The van der Waals surface area contributed by atoms with Gasteiger partial charge in [-0.2, -0.15) is 23.0 Å². The summed E-state index contributed by atoms with van der Waals surface area (Å²) in [6, 6.07) is 2.29. The second kappa shape index (κ2) is 4.80. The first-order chi connectivity index (χ1) is 8.77. The van der Waals surface area contributed by atoms with Crippen molar-refractivity contribution < 1.29 is 31.9 Å². The van der Waals surface area contributed by atoms with E-state index >= 15 is 0 Å². The quantitative estimate of drug-likeness (QED) is 0.675. The molecular formula is C10H8BrF4NO3. The fraction of sp³-hybridized carbons (Fsp3) is 0.400.